The molecule has 0 aromatic heterocycles. The van der Waals surface area contributed by atoms with Gasteiger partial charge in [-0.05, 0) is 49.9 Å². The lowest BCUT2D eigenvalue weighted by Gasteiger charge is -2.35. The van der Waals surface area contributed by atoms with E-state index in [1.807, 2.05) is 0 Å². The molecule has 1 N–H and O–H groups in total. The molecule has 2 aliphatic carbocycles. The molecule has 2 saturated carbocycles. The molecule has 2 aliphatic rings. The summed E-state index contributed by atoms with van der Waals surface area (Å²) in [6.45, 7) is 2.33. The van der Waals surface area contributed by atoms with Crippen LogP contribution in [0.4, 0.5) is 0 Å². The Balaban J connectivity index is 1.72. The zero-order chi connectivity index (χ0) is 8.55. The Labute approximate surface area is 75.2 Å². The van der Waals surface area contributed by atoms with Crippen LogP contribution in [0.15, 0.2) is 0 Å². The molecule has 12 heavy (non-hydrogen) atoms. The Morgan fingerprint density at radius 3 is 2.50 bits per heavy atom. The van der Waals surface area contributed by atoms with Crippen molar-refractivity contribution in [3.63, 3.8) is 0 Å². The minimum absolute atomic E-state index is 0.0425. The highest BCUT2D eigenvalue weighted by Gasteiger charge is 2.32. The fourth-order valence-electron chi connectivity index (χ4n) is 2.98. The summed E-state index contributed by atoms with van der Waals surface area (Å²) >= 11 is 0. The van der Waals surface area contributed by atoms with Crippen molar-refractivity contribution in [3.05, 3.63) is 0 Å². The van der Waals surface area contributed by atoms with E-state index in [9.17, 15) is 5.11 Å². The van der Waals surface area contributed by atoms with Gasteiger partial charge in [0.15, 0.2) is 0 Å². The Kier molecular flexibility index (Phi) is 2.40. The third-order valence-electron chi connectivity index (χ3n) is 3.73. The van der Waals surface area contributed by atoms with Gasteiger partial charge in [-0.3, -0.25) is 0 Å². The van der Waals surface area contributed by atoms with Gasteiger partial charge in [0.2, 0.25) is 0 Å². The number of hydrogen-bond acceptors (Lipinski definition) is 1. The average Bonchev–Trinajstić information content (AvgIpc) is 2.33. The fourth-order valence-corrected chi connectivity index (χ4v) is 2.98. The highest BCUT2D eigenvalue weighted by Crippen LogP contribution is 2.41. The minimum Gasteiger partial charge on any atom is -0.393 e. The molecular formula is C11H20O. The van der Waals surface area contributed by atoms with E-state index in [4.69, 9.17) is 0 Å². The van der Waals surface area contributed by atoms with E-state index in [2.05, 4.69) is 6.92 Å². The van der Waals surface area contributed by atoms with E-state index in [0.29, 0.717) is 5.92 Å². The molecule has 2 rings (SSSR count). The van der Waals surface area contributed by atoms with Gasteiger partial charge in [-0.2, -0.15) is 0 Å². The van der Waals surface area contributed by atoms with Crippen LogP contribution < -0.4 is 0 Å². The molecule has 0 spiro atoms. The average molecular weight is 168 g/mol. The Morgan fingerprint density at radius 2 is 2.00 bits per heavy atom. The molecule has 0 amide bonds. The van der Waals surface area contributed by atoms with Gasteiger partial charge in [-0.1, -0.05) is 13.3 Å². The maximum Gasteiger partial charge on any atom is 0.0568 e. The Morgan fingerprint density at radius 1 is 1.25 bits per heavy atom. The van der Waals surface area contributed by atoms with Crippen LogP contribution in [0.2, 0.25) is 0 Å². The van der Waals surface area contributed by atoms with Gasteiger partial charge in [0.1, 0.15) is 0 Å². The largest absolute Gasteiger partial charge is 0.393 e. The first-order valence-electron chi connectivity index (χ1n) is 5.43. The Hall–Kier alpha value is -0.0400. The first-order valence-corrected chi connectivity index (χ1v) is 5.43. The lowest BCUT2D eigenvalue weighted by Crippen LogP contribution is -2.26. The van der Waals surface area contributed by atoms with Crippen LogP contribution in [0, 0.1) is 17.8 Å². The lowest BCUT2D eigenvalue weighted by molar-refractivity contribution is 0.0899. The van der Waals surface area contributed by atoms with Gasteiger partial charge >= 0.3 is 0 Å². The van der Waals surface area contributed by atoms with Crippen LogP contribution in [-0.4, -0.2) is 11.2 Å². The van der Waals surface area contributed by atoms with E-state index >= 15 is 0 Å². The molecule has 70 valence electrons. The molecule has 0 saturated heterocycles. The SMILES string of the molecule is CC1CC(C[C@@H]2CCC[C@H]2O)C1. The molecule has 0 aliphatic heterocycles. The van der Waals surface area contributed by atoms with Gasteiger partial charge in [0.25, 0.3) is 0 Å². The molecule has 1 heteroatoms. The van der Waals surface area contributed by atoms with E-state index < -0.39 is 0 Å². The van der Waals surface area contributed by atoms with Gasteiger partial charge in [-0.15, -0.1) is 0 Å². The van der Waals surface area contributed by atoms with Gasteiger partial charge in [-0.25, -0.2) is 0 Å². The summed E-state index contributed by atoms with van der Waals surface area (Å²) in [5.74, 6) is 2.58. The molecule has 0 bridgehead atoms. The molecular weight excluding hydrogens is 148 g/mol. The summed E-state index contributed by atoms with van der Waals surface area (Å²) in [5, 5.41) is 9.62. The van der Waals surface area contributed by atoms with Crippen molar-refractivity contribution < 1.29 is 5.11 Å². The van der Waals surface area contributed by atoms with Crippen LogP contribution >= 0.6 is 0 Å². The van der Waals surface area contributed by atoms with Crippen molar-refractivity contribution in [1.82, 2.24) is 0 Å². The summed E-state index contributed by atoms with van der Waals surface area (Å²) in [6.07, 6.45) is 7.80. The zero-order valence-corrected chi connectivity index (χ0v) is 8.00. The normalized spacial score (nSPS) is 47.5. The first-order chi connectivity index (χ1) is 5.75. The van der Waals surface area contributed by atoms with Crippen molar-refractivity contribution in [2.75, 3.05) is 0 Å². The number of rotatable bonds is 2. The lowest BCUT2D eigenvalue weighted by atomic mass is 9.71. The molecule has 0 radical (unpaired) electrons. The van der Waals surface area contributed by atoms with Crippen molar-refractivity contribution in [3.8, 4) is 0 Å². The van der Waals surface area contributed by atoms with Crippen molar-refractivity contribution in [2.24, 2.45) is 17.8 Å². The highest BCUT2D eigenvalue weighted by atomic mass is 16.3. The van der Waals surface area contributed by atoms with E-state index in [1.165, 1.54) is 32.1 Å². The second-order valence-corrected chi connectivity index (χ2v) is 4.94. The Bertz CT molecular complexity index is 149. The molecule has 0 unspecified atom stereocenters. The maximum atomic E-state index is 9.62. The second-order valence-electron chi connectivity index (χ2n) is 4.94. The molecule has 0 aromatic carbocycles. The summed E-state index contributed by atoms with van der Waals surface area (Å²) in [6, 6.07) is 0. The predicted molar refractivity (Wildman–Crippen MR) is 49.9 cm³/mol. The quantitative estimate of drug-likeness (QED) is 0.672. The molecule has 0 aromatic rings. The maximum absolute atomic E-state index is 9.62. The van der Waals surface area contributed by atoms with Gasteiger partial charge in [0, 0.05) is 0 Å². The van der Waals surface area contributed by atoms with Crippen LogP contribution in [0.1, 0.15) is 45.4 Å². The van der Waals surface area contributed by atoms with E-state index in [1.54, 1.807) is 0 Å². The van der Waals surface area contributed by atoms with Crippen molar-refractivity contribution in [1.29, 1.82) is 0 Å². The minimum atomic E-state index is 0.0425. The van der Waals surface area contributed by atoms with E-state index in [-0.39, 0.29) is 6.10 Å². The van der Waals surface area contributed by atoms with Crippen LogP contribution in [-0.2, 0) is 0 Å². The number of aliphatic hydroxyl groups is 1. The van der Waals surface area contributed by atoms with Crippen molar-refractivity contribution >= 4 is 0 Å². The third kappa shape index (κ3) is 1.66. The standard InChI is InChI=1S/C11H20O/c1-8-5-9(6-8)7-10-3-2-4-11(10)12/h8-12H,2-7H2,1H3/t8?,9?,10-,11+/m0/s1. The number of aliphatic hydroxyl groups excluding tert-OH is 1. The molecule has 0 heterocycles. The number of hydrogen-bond donors (Lipinski definition) is 1. The summed E-state index contributed by atoms with van der Waals surface area (Å²) < 4.78 is 0. The first kappa shape index (κ1) is 8.55. The van der Waals surface area contributed by atoms with Crippen LogP contribution in [0.25, 0.3) is 0 Å². The monoisotopic (exact) mass is 168 g/mol. The molecule has 2 atom stereocenters. The third-order valence-corrected chi connectivity index (χ3v) is 3.73. The predicted octanol–water partition coefficient (Wildman–Crippen LogP) is 2.58. The van der Waals surface area contributed by atoms with E-state index in [0.717, 1.165) is 18.3 Å². The second kappa shape index (κ2) is 3.37. The molecule has 1 nitrogen and oxygen atoms in total. The van der Waals surface area contributed by atoms with Crippen molar-refractivity contribution in [2.45, 2.75) is 51.6 Å². The summed E-state index contributed by atoms with van der Waals surface area (Å²) in [4.78, 5) is 0. The fraction of sp³-hybridized carbons (Fsp3) is 1.00. The van der Waals surface area contributed by atoms with Crippen LogP contribution in [0.3, 0.4) is 0 Å². The van der Waals surface area contributed by atoms with Gasteiger partial charge in [0.05, 0.1) is 6.10 Å². The topological polar surface area (TPSA) is 20.2 Å². The highest BCUT2D eigenvalue weighted by molar-refractivity contribution is 4.84. The summed E-state index contributed by atoms with van der Waals surface area (Å²) in [7, 11) is 0. The van der Waals surface area contributed by atoms with Crippen LogP contribution in [0.5, 0.6) is 0 Å². The van der Waals surface area contributed by atoms with Gasteiger partial charge < -0.3 is 5.11 Å². The zero-order valence-electron chi connectivity index (χ0n) is 8.00. The summed E-state index contributed by atoms with van der Waals surface area (Å²) in [5.41, 5.74) is 0. The smallest absolute Gasteiger partial charge is 0.0568 e. The molecule has 2 fully saturated rings.